The lowest BCUT2D eigenvalue weighted by molar-refractivity contribution is 0.0693. The van der Waals surface area contributed by atoms with Crippen molar-refractivity contribution in [3.8, 4) is 5.75 Å². The number of anilines is 1. The van der Waals surface area contributed by atoms with E-state index in [2.05, 4.69) is 5.32 Å². The highest BCUT2D eigenvalue weighted by Gasteiger charge is 2.12. The molecule has 0 bridgehead atoms. The van der Waals surface area contributed by atoms with Gasteiger partial charge in [0, 0.05) is 11.8 Å². The Bertz CT molecular complexity index is 480. The topological polar surface area (TPSA) is 87.7 Å². The van der Waals surface area contributed by atoms with Crippen LogP contribution in [0.1, 0.15) is 10.4 Å². The van der Waals surface area contributed by atoms with E-state index in [4.69, 9.17) is 9.84 Å². The van der Waals surface area contributed by atoms with Crippen molar-refractivity contribution in [3.63, 3.8) is 0 Å². The molecular weight excluding hydrogens is 262 g/mol. The summed E-state index contributed by atoms with van der Waals surface area (Å²) in [5, 5.41) is 13.1. The van der Waals surface area contributed by atoms with Crippen molar-refractivity contribution in [2.45, 2.75) is 6.43 Å². The number of hydrogen-bond donors (Lipinski definition) is 3. The molecule has 6 nitrogen and oxygen atoms in total. The van der Waals surface area contributed by atoms with Gasteiger partial charge in [-0.25, -0.2) is 18.4 Å². The molecule has 2 amide bonds. The van der Waals surface area contributed by atoms with Crippen LogP contribution in [0.15, 0.2) is 18.2 Å². The van der Waals surface area contributed by atoms with Crippen molar-refractivity contribution >= 4 is 17.7 Å². The summed E-state index contributed by atoms with van der Waals surface area (Å²) >= 11 is 0. The van der Waals surface area contributed by atoms with E-state index in [0.717, 1.165) is 0 Å². The Hall–Kier alpha value is -2.38. The van der Waals surface area contributed by atoms with Crippen molar-refractivity contribution in [1.29, 1.82) is 0 Å². The zero-order chi connectivity index (χ0) is 14.4. The molecule has 0 aliphatic heterocycles. The lowest BCUT2D eigenvalue weighted by Gasteiger charge is -2.10. The van der Waals surface area contributed by atoms with Crippen LogP contribution in [-0.4, -0.2) is 37.2 Å². The summed E-state index contributed by atoms with van der Waals surface area (Å²) < 4.78 is 28.6. The van der Waals surface area contributed by atoms with Gasteiger partial charge in [-0.1, -0.05) is 0 Å². The average molecular weight is 274 g/mol. The Labute approximate surface area is 107 Å². The van der Waals surface area contributed by atoms with Gasteiger partial charge in [0.25, 0.3) is 6.43 Å². The number of aromatic carboxylic acids is 1. The number of carboxylic acid groups (broad SMARTS) is 1. The van der Waals surface area contributed by atoms with E-state index >= 15 is 0 Å². The highest BCUT2D eigenvalue weighted by atomic mass is 19.3. The van der Waals surface area contributed by atoms with Crippen LogP contribution in [0.2, 0.25) is 0 Å². The van der Waals surface area contributed by atoms with Crippen molar-refractivity contribution in [3.05, 3.63) is 23.8 Å². The number of rotatable bonds is 5. The molecule has 8 heteroatoms. The number of nitrogens with one attached hydrogen (secondary N) is 2. The summed E-state index contributed by atoms with van der Waals surface area (Å²) in [6.07, 6.45) is -2.64. The number of benzene rings is 1. The second-order valence-electron chi connectivity index (χ2n) is 3.45. The molecule has 0 unspecified atom stereocenters. The molecular formula is C11H12F2N2O4. The number of hydrogen-bond acceptors (Lipinski definition) is 3. The zero-order valence-corrected chi connectivity index (χ0v) is 9.94. The number of urea groups is 1. The summed E-state index contributed by atoms with van der Waals surface area (Å²) in [5.41, 5.74) is 0.162. The predicted octanol–water partition coefficient (Wildman–Crippen LogP) is 1.78. The highest BCUT2D eigenvalue weighted by Crippen LogP contribution is 2.23. The van der Waals surface area contributed by atoms with Crippen LogP contribution in [0.25, 0.3) is 0 Å². The van der Waals surface area contributed by atoms with Crippen LogP contribution >= 0.6 is 0 Å². The summed E-state index contributed by atoms with van der Waals surface area (Å²) in [6.45, 7) is -0.768. The fourth-order valence-corrected chi connectivity index (χ4v) is 1.29. The fourth-order valence-electron chi connectivity index (χ4n) is 1.29. The second kappa shape index (κ2) is 6.53. The number of alkyl halides is 2. The van der Waals surface area contributed by atoms with Gasteiger partial charge >= 0.3 is 12.0 Å². The van der Waals surface area contributed by atoms with E-state index in [1.54, 1.807) is 0 Å². The van der Waals surface area contributed by atoms with Crippen molar-refractivity contribution < 1.29 is 28.2 Å². The Morgan fingerprint density at radius 3 is 2.63 bits per heavy atom. The molecule has 0 radical (unpaired) electrons. The van der Waals surface area contributed by atoms with Crippen LogP contribution in [0.3, 0.4) is 0 Å². The molecule has 0 saturated carbocycles. The SMILES string of the molecule is COc1cc(NC(=O)NCC(F)F)ccc1C(=O)O. The van der Waals surface area contributed by atoms with Crippen LogP contribution in [0, 0.1) is 0 Å². The summed E-state index contributed by atoms with van der Waals surface area (Å²) in [6, 6.07) is 3.04. The molecule has 0 atom stereocenters. The van der Waals surface area contributed by atoms with E-state index in [0.29, 0.717) is 0 Å². The van der Waals surface area contributed by atoms with Gasteiger partial charge in [-0.15, -0.1) is 0 Å². The maximum Gasteiger partial charge on any atom is 0.339 e. The standard InChI is InChI=1S/C11H12F2N2O4/c1-19-8-4-6(2-3-7(8)10(16)17)15-11(18)14-5-9(12)13/h2-4,9H,5H2,1H3,(H,16,17)(H2,14,15,18). The smallest absolute Gasteiger partial charge is 0.339 e. The first-order chi connectivity index (χ1) is 8.93. The Balaban J connectivity index is 2.74. The van der Waals surface area contributed by atoms with Gasteiger partial charge < -0.3 is 20.5 Å². The third kappa shape index (κ3) is 4.41. The molecule has 0 spiro atoms. The Morgan fingerprint density at radius 1 is 1.42 bits per heavy atom. The lowest BCUT2D eigenvalue weighted by atomic mass is 10.2. The normalized spacial score (nSPS) is 10.1. The minimum absolute atomic E-state index is 0.0548. The molecule has 0 fully saturated rings. The summed E-state index contributed by atoms with van der Waals surface area (Å²) in [4.78, 5) is 22.1. The maximum absolute atomic E-state index is 11.9. The van der Waals surface area contributed by atoms with Crippen molar-refractivity contribution in [2.75, 3.05) is 19.0 Å². The first-order valence-corrected chi connectivity index (χ1v) is 5.18. The first kappa shape index (κ1) is 14.7. The maximum atomic E-state index is 11.9. The Morgan fingerprint density at radius 2 is 2.11 bits per heavy atom. The van der Waals surface area contributed by atoms with Gasteiger partial charge in [0.1, 0.15) is 11.3 Å². The van der Waals surface area contributed by atoms with Gasteiger partial charge in [0.05, 0.1) is 13.7 Å². The van der Waals surface area contributed by atoms with Crippen LogP contribution < -0.4 is 15.4 Å². The summed E-state index contributed by atoms with van der Waals surface area (Å²) in [7, 11) is 1.28. The number of carbonyl (C=O) groups is 2. The van der Waals surface area contributed by atoms with Crippen LogP contribution in [0.4, 0.5) is 19.3 Å². The molecule has 1 aromatic carbocycles. The molecule has 0 heterocycles. The largest absolute Gasteiger partial charge is 0.496 e. The molecule has 3 N–H and O–H groups in total. The van der Waals surface area contributed by atoms with Crippen LogP contribution in [-0.2, 0) is 0 Å². The first-order valence-electron chi connectivity index (χ1n) is 5.18. The zero-order valence-electron chi connectivity index (χ0n) is 9.94. The molecule has 0 aliphatic carbocycles. The van der Waals surface area contributed by atoms with E-state index < -0.39 is 25.0 Å². The number of halogens is 2. The number of methoxy groups -OCH3 is 1. The van der Waals surface area contributed by atoms with Gasteiger partial charge in [-0.3, -0.25) is 0 Å². The van der Waals surface area contributed by atoms with Gasteiger partial charge in [-0.05, 0) is 12.1 Å². The number of amides is 2. The molecule has 0 saturated heterocycles. The quantitative estimate of drug-likeness (QED) is 0.763. The number of carbonyl (C=O) groups excluding carboxylic acids is 1. The van der Waals surface area contributed by atoms with E-state index in [1.807, 2.05) is 5.32 Å². The van der Waals surface area contributed by atoms with Crippen LogP contribution in [0.5, 0.6) is 5.75 Å². The monoisotopic (exact) mass is 274 g/mol. The molecule has 0 aromatic heterocycles. The van der Waals surface area contributed by atoms with Gasteiger partial charge in [0.15, 0.2) is 0 Å². The summed E-state index contributed by atoms with van der Waals surface area (Å²) in [5.74, 6) is -1.12. The van der Waals surface area contributed by atoms with Crippen molar-refractivity contribution in [1.82, 2.24) is 5.32 Å². The predicted molar refractivity (Wildman–Crippen MR) is 63.0 cm³/mol. The minimum atomic E-state index is -2.64. The third-order valence-electron chi connectivity index (χ3n) is 2.11. The molecule has 104 valence electrons. The minimum Gasteiger partial charge on any atom is -0.496 e. The van der Waals surface area contributed by atoms with Crippen molar-refractivity contribution in [2.24, 2.45) is 0 Å². The fraction of sp³-hybridized carbons (Fsp3) is 0.273. The van der Waals surface area contributed by atoms with E-state index in [-0.39, 0.29) is 17.0 Å². The van der Waals surface area contributed by atoms with Gasteiger partial charge in [-0.2, -0.15) is 0 Å². The average Bonchev–Trinajstić information content (AvgIpc) is 2.35. The molecule has 1 aromatic rings. The molecule has 0 aliphatic rings. The number of carboxylic acids is 1. The molecule has 19 heavy (non-hydrogen) atoms. The van der Waals surface area contributed by atoms with Gasteiger partial charge in [0.2, 0.25) is 0 Å². The lowest BCUT2D eigenvalue weighted by Crippen LogP contribution is -2.32. The third-order valence-corrected chi connectivity index (χ3v) is 2.11. The second-order valence-corrected chi connectivity index (χ2v) is 3.45. The molecule has 1 rings (SSSR count). The number of ether oxygens (including phenoxy) is 1. The van der Waals surface area contributed by atoms with E-state index in [1.165, 1.54) is 25.3 Å². The van der Waals surface area contributed by atoms with E-state index in [9.17, 15) is 18.4 Å². The Kier molecular flexibility index (Phi) is 5.04. The highest BCUT2D eigenvalue weighted by molar-refractivity contribution is 5.94.